The molecule has 0 saturated carbocycles. The zero-order valence-electron chi connectivity index (χ0n) is 8.26. The third kappa shape index (κ3) is 2.86. The topological polar surface area (TPSA) is 12.0 Å². The average Bonchev–Trinajstić information content (AvgIpc) is 2.18. The van der Waals surface area contributed by atoms with Crippen LogP contribution in [0.3, 0.4) is 0 Å². The maximum atomic E-state index is 13.3. The van der Waals surface area contributed by atoms with Crippen molar-refractivity contribution in [1.82, 2.24) is 5.32 Å². The normalized spacial score (nSPS) is 12.1. The monoisotopic (exact) mass is 191 g/mol. The van der Waals surface area contributed by atoms with Gasteiger partial charge in [0.2, 0.25) is 0 Å². The van der Waals surface area contributed by atoms with Crippen LogP contribution in [0.4, 0.5) is 4.39 Å². The van der Waals surface area contributed by atoms with Crippen LogP contribution in [-0.4, -0.2) is 6.54 Å². The molecule has 1 aromatic rings. The van der Waals surface area contributed by atoms with Crippen molar-refractivity contribution in [2.75, 3.05) is 6.54 Å². The van der Waals surface area contributed by atoms with Crippen LogP contribution in [0.25, 0.3) is 0 Å². The van der Waals surface area contributed by atoms with Crippen molar-refractivity contribution >= 4 is 0 Å². The van der Waals surface area contributed by atoms with Gasteiger partial charge in [-0.2, -0.15) is 0 Å². The van der Waals surface area contributed by atoms with Gasteiger partial charge in [-0.1, -0.05) is 18.2 Å². The summed E-state index contributed by atoms with van der Waals surface area (Å²) in [5, 5.41) is 3.16. The quantitative estimate of drug-likeness (QED) is 0.569. The first-order chi connectivity index (χ1) is 6.75. The number of halogens is 1. The van der Waals surface area contributed by atoms with Gasteiger partial charge in [0, 0.05) is 24.6 Å². The molecule has 0 saturated heterocycles. The molecule has 1 nitrogen and oxygen atoms in total. The van der Waals surface area contributed by atoms with Crippen molar-refractivity contribution in [2.45, 2.75) is 19.4 Å². The molecule has 0 aromatic heterocycles. The minimum atomic E-state index is -0.173. The largest absolute Gasteiger partial charge is 0.309 e. The molecule has 74 valence electrons. The molecule has 0 aliphatic carbocycles. The molecule has 0 aliphatic rings. The van der Waals surface area contributed by atoms with Crippen molar-refractivity contribution in [2.24, 2.45) is 0 Å². The van der Waals surface area contributed by atoms with Crippen LogP contribution in [-0.2, 0) is 0 Å². The number of rotatable bonds is 4. The van der Waals surface area contributed by atoms with Gasteiger partial charge in [0.25, 0.3) is 0 Å². The summed E-state index contributed by atoms with van der Waals surface area (Å²) in [5.41, 5.74) is 0.685. The fourth-order valence-electron chi connectivity index (χ4n) is 1.30. The lowest BCUT2D eigenvalue weighted by atomic mass is 10.1. The van der Waals surface area contributed by atoms with Gasteiger partial charge < -0.3 is 5.32 Å². The van der Waals surface area contributed by atoms with Crippen LogP contribution in [0.15, 0.2) is 24.3 Å². The van der Waals surface area contributed by atoms with Gasteiger partial charge >= 0.3 is 0 Å². The highest BCUT2D eigenvalue weighted by molar-refractivity contribution is 5.20. The molecule has 0 heterocycles. The molecule has 1 aromatic carbocycles. The van der Waals surface area contributed by atoms with E-state index >= 15 is 0 Å². The molecule has 1 atom stereocenters. The van der Waals surface area contributed by atoms with E-state index in [0.29, 0.717) is 18.5 Å². The number of hydrogen-bond donors (Lipinski definition) is 1. The molecule has 1 N–H and O–H groups in total. The summed E-state index contributed by atoms with van der Waals surface area (Å²) in [7, 11) is 0. The van der Waals surface area contributed by atoms with Gasteiger partial charge in [-0.3, -0.25) is 0 Å². The number of terminal acetylenes is 1. The van der Waals surface area contributed by atoms with Gasteiger partial charge in [0.05, 0.1) is 0 Å². The lowest BCUT2D eigenvalue weighted by Gasteiger charge is -2.13. The van der Waals surface area contributed by atoms with Crippen LogP contribution in [0, 0.1) is 18.2 Å². The highest BCUT2D eigenvalue weighted by Gasteiger charge is 2.08. The Bertz CT molecular complexity index is 327. The summed E-state index contributed by atoms with van der Waals surface area (Å²) >= 11 is 0. The van der Waals surface area contributed by atoms with Gasteiger partial charge in [-0.05, 0) is 13.0 Å². The summed E-state index contributed by atoms with van der Waals surface area (Å²) < 4.78 is 13.3. The van der Waals surface area contributed by atoms with E-state index in [4.69, 9.17) is 6.42 Å². The van der Waals surface area contributed by atoms with E-state index in [1.165, 1.54) is 6.07 Å². The Labute approximate surface area is 84.3 Å². The zero-order valence-corrected chi connectivity index (χ0v) is 8.26. The van der Waals surface area contributed by atoms with Gasteiger partial charge in [0.15, 0.2) is 0 Å². The molecule has 1 rings (SSSR count). The maximum Gasteiger partial charge on any atom is 0.127 e. The highest BCUT2D eigenvalue weighted by Crippen LogP contribution is 2.15. The summed E-state index contributed by atoms with van der Waals surface area (Å²) in [4.78, 5) is 0. The van der Waals surface area contributed by atoms with Crippen molar-refractivity contribution in [3.05, 3.63) is 35.6 Å². The van der Waals surface area contributed by atoms with Gasteiger partial charge in [0.1, 0.15) is 5.82 Å². The molecule has 14 heavy (non-hydrogen) atoms. The van der Waals surface area contributed by atoms with Crippen LogP contribution >= 0.6 is 0 Å². The molecular formula is C12H14FN. The maximum absolute atomic E-state index is 13.3. The minimum Gasteiger partial charge on any atom is -0.309 e. The van der Waals surface area contributed by atoms with Gasteiger partial charge in [-0.25, -0.2) is 4.39 Å². The molecule has 0 radical (unpaired) electrons. The van der Waals surface area contributed by atoms with E-state index in [1.54, 1.807) is 12.1 Å². The Kier molecular flexibility index (Phi) is 4.15. The lowest BCUT2D eigenvalue weighted by Crippen LogP contribution is -2.20. The highest BCUT2D eigenvalue weighted by atomic mass is 19.1. The van der Waals surface area contributed by atoms with E-state index in [2.05, 4.69) is 11.2 Å². The summed E-state index contributed by atoms with van der Waals surface area (Å²) in [6.45, 7) is 2.64. The number of benzene rings is 1. The van der Waals surface area contributed by atoms with Crippen molar-refractivity contribution in [1.29, 1.82) is 0 Å². The van der Waals surface area contributed by atoms with Crippen LogP contribution in [0.2, 0.25) is 0 Å². The third-order valence-electron chi connectivity index (χ3n) is 2.09. The van der Waals surface area contributed by atoms with Crippen molar-refractivity contribution in [3.63, 3.8) is 0 Å². The first kappa shape index (κ1) is 10.7. The summed E-state index contributed by atoms with van der Waals surface area (Å²) in [5.74, 6) is 2.36. The molecule has 0 amide bonds. The Morgan fingerprint density at radius 1 is 1.50 bits per heavy atom. The van der Waals surface area contributed by atoms with E-state index in [1.807, 2.05) is 13.0 Å². The second-order valence-electron chi connectivity index (χ2n) is 3.15. The van der Waals surface area contributed by atoms with Crippen LogP contribution < -0.4 is 5.32 Å². The predicted octanol–water partition coefficient (Wildman–Crippen LogP) is 2.50. The lowest BCUT2D eigenvalue weighted by molar-refractivity contribution is 0.534. The van der Waals surface area contributed by atoms with E-state index in [9.17, 15) is 4.39 Å². The van der Waals surface area contributed by atoms with Crippen molar-refractivity contribution < 1.29 is 4.39 Å². The van der Waals surface area contributed by atoms with E-state index < -0.39 is 0 Å². The average molecular weight is 191 g/mol. The standard InChI is InChI=1S/C12H14FN/c1-3-4-9-14-10(2)11-7-5-6-8-12(11)13/h1,5-8,10,14H,4,9H2,2H3. The molecule has 2 heteroatoms. The smallest absolute Gasteiger partial charge is 0.127 e. The Hall–Kier alpha value is -1.33. The van der Waals surface area contributed by atoms with Gasteiger partial charge in [-0.15, -0.1) is 12.3 Å². The predicted molar refractivity (Wildman–Crippen MR) is 56.3 cm³/mol. The van der Waals surface area contributed by atoms with E-state index in [0.717, 1.165) is 0 Å². The molecule has 0 fully saturated rings. The fraction of sp³-hybridized carbons (Fsp3) is 0.333. The summed E-state index contributed by atoms with van der Waals surface area (Å²) in [6, 6.07) is 6.77. The molecule has 0 spiro atoms. The molecular weight excluding hydrogens is 177 g/mol. The second-order valence-corrected chi connectivity index (χ2v) is 3.15. The SMILES string of the molecule is C#CCCNC(C)c1ccccc1F. The van der Waals surface area contributed by atoms with Crippen LogP contribution in [0.5, 0.6) is 0 Å². The minimum absolute atomic E-state index is 0.00421. The Balaban J connectivity index is 2.57. The first-order valence-electron chi connectivity index (χ1n) is 4.67. The van der Waals surface area contributed by atoms with Crippen molar-refractivity contribution in [3.8, 4) is 12.3 Å². The van der Waals surface area contributed by atoms with E-state index in [-0.39, 0.29) is 11.9 Å². The Morgan fingerprint density at radius 2 is 2.21 bits per heavy atom. The molecule has 0 bridgehead atoms. The number of nitrogens with one attached hydrogen (secondary N) is 1. The number of hydrogen-bond acceptors (Lipinski definition) is 1. The molecule has 0 aliphatic heterocycles. The molecule has 1 unspecified atom stereocenters. The fourth-order valence-corrected chi connectivity index (χ4v) is 1.30. The Morgan fingerprint density at radius 3 is 2.86 bits per heavy atom. The second kappa shape index (κ2) is 5.41. The van der Waals surface area contributed by atoms with Crippen LogP contribution in [0.1, 0.15) is 24.9 Å². The first-order valence-corrected chi connectivity index (χ1v) is 4.67. The summed E-state index contributed by atoms with van der Waals surface area (Å²) in [6.07, 6.45) is 5.78. The third-order valence-corrected chi connectivity index (χ3v) is 2.09. The zero-order chi connectivity index (χ0) is 10.4.